The van der Waals surface area contributed by atoms with Gasteiger partial charge in [-0.05, 0) is 20.8 Å². The zero-order valence-corrected chi connectivity index (χ0v) is 12.1. The van der Waals surface area contributed by atoms with Gasteiger partial charge in [-0.2, -0.15) is 0 Å². The second-order valence-electron chi connectivity index (χ2n) is 4.38. The van der Waals surface area contributed by atoms with E-state index in [9.17, 15) is 0 Å². The van der Waals surface area contributed by atoms with Crippen molar-refractivity contribution in [1.82, 2.24) is 19.5 Å². The molecule has 19 heavy (non-hydrogen) atoms. The number of aromatic nitrogens is 4. The fraction of sp³-hybridized carbons (Fsp3) is 0.500. The molecule has 5 heteroatoms. The maximum atomic E-state index is 4.65. The summed E-state index contributed by atoms with van der Waals surface area (Å²) in [5.41, 5.74) is 1.98. The predicted octanol–water partition coefficient (Wildman–Crippen LogP) is 2.66. The highest BCUT2D eigenvalue weighted by atomic mass is 15.1. The molecule has 102 valence electrons. The van der Waals surface area contributed by atoms with Crippen molar-refractivity contribution in [3.05, 3.63) is 23.8 Å². The minimum Gasteiger partial charge on any atom is -0.370 e. The van der Waals surface area contributed by atoms with E-state index >= 15 is 0 Å². The van der Waals surface area contributed by atoms with Crippen molar-refractivity contribution in [2.24, 2.45) is 0 Å². The van der Waals surface area contributed by atoms with Crippen LogP contribution in [0.25, 0.3) is 11.5 Å². The molecule has 5 nitrogen and oxygen atoms in total. The molecule has 0 atom stereocenters. The standard InChI is InChI=1S/C14H21N5/c1-5-11-17-12(10(4)13(18-11)15-6-2)14-16-8-9-19(14)7-3/h8-9H,5-7H2,1-4H3,(H,15,17,18). The average Bonchev–Trinajstić information content (AvgIpc) is 2.89. The molecule has 0 fully saturated rings. The second kappa shape index (κ2) is 5.82. The summed E-state index contributed by atoms with van der Waals surface area (Å²) in [5.74, 6) is 2.67. The van der Waals surface area contributed by atoms with Gasteiger partial charge in [-0.25, -0.2) is 15.0 Å². The topological polar surface area (TPSA) is 55.6 Å². The van der Waals surface area contributed by atoms with Crippen molar-refractivity contribution < 1.29 is 0 Å². The number of rotatable bonds is 5. The lowest BCUT2D eigenvalue weighted by atomic mass is 10.2. The monoisotopic (exact) mass is 259 g/mol. The van der Waals surface area contributed by atoms with Crippen LogP contribution in [0.2, 0.25) is 0 Å². The third-order valence-corrected chi connectivity index (χ3v) is 3.12. The van der Waals surface area contributed by atoms with Crippen molar-refractivity contribution in [3.63, 3.8) is 0 Å². The van der Waals surface area contributed by atoms with E-state index in [-0.39, 0.29) is 0 Å². The van der Waals surface area contributed by atoms with Gasteiger partial charge in [0.25, 0.3) is 0 Å². The first-order valence-corrected chi connectivity index (χ1v) is 6.84. The Morgan fingerprint density at radius 1 is 1.21 bits per heavy atom. The summed E-state index contributed by atoms with van der Waals surface area (Å²) in [4.78, 5) is 13.6. The highest BCUT2D eigenvalue weighted by Crippen LogP contribution is 2.24. The predicted molar refractivity (Wildman–Crippen MR) is 77.2 cm³/mol. The Labute approximate surface area is 114 Å². The Hall–Kier alpha value is -1.91. The molecule has 0 amide bonds. The zero-order chi connectivity index (χ0) is 13.8. The van der Waals surface area contributed by atoms with Gasteiger partial charge in [0.15, 0.2) is 5.82 Å². The molecular weight excluding hydrogens is 238 g/mol. The lowest BCUT2D eigenvalue weighted by molar-refractivity contribution is 0.764. The Balaban J connectivity index is 2.58. The summed E-state index contributed by atoms with van der Waals surface area (Å²) in [6.07, 6.45) is 4.62. The second-order valence-corrected chi connectivity index (χ2v) is 4.38. The summed E-state index contributed by atoms with van der Waals surface area (Å²) in [6, 6.07) is 0. The molecule has 0 saturated heterocycles. The molecule has 0 spiro atoms. The van der Waals surface area contributed by atoms with Gasteiger partial charge in [-0.1, -0.05) is 6.92 Å². The molecule has 0 radical (unpaired) electrons. The third kappa shape index (κ3) is 2.59. The van der Waals surface area contributed by atoms with Crippen molar-refractivity contribution in [2.75, 3.05) is 11.9 Å². The largest absolute Gasteiger partial charge is 0.370 e. The van der Waals surface area contributed by atoms with Crippen LogP contribution in [-0.2, 0) is 13.0 Å². The molecule has 2 aromatic heterocycles. The van der Waals surface area contributed by atoms with Gasteiger partial charge >= 0.3 is 0 Å². The van der Waals surface area contributed by atoms with E-state index in [0.717, 1.165) is 48.2 Å². The zero-order valence-electron chi connectivity index (χ0n) is 12.1. The minimum absolute atomic E-state index is 0.818. The summed E-state index contributed by atoms with van der Waals surface area (Å²) in [7, 11) is 0. The average molecular weight is 259 g/mol. The van der Waals surface area contributed by atoms with Crippen LogP contribution in [0.5, 0.6) is 0 Å². The number of nitrogens with zero attached hydrogens (tertiary/aromatic N) is 4. The molecule has 0 saturated carbocycles. The maximum absolute atomic E-state index is 4.65. The molecule has 2 rings (SSSR count). The molecule has 0 aromatic carbocycles. The van der Waals surface area contributed by atoms with Crippen LogP contribution in [0, 0.1) is 6.92 Å². The van der Waals surface area contributed by atoms with E-state index in [1.165, 1.54) is 0 Å². The molecule has 0 aliphatic carbocycles. The van der Waals surface area contributed by atoms with Gasteiger partial charge < -0.3 is 9.88 Å². The number of aryl methyl sites for hydroxylation is 2. The van der Waals surface area contributed by atoms with Crippen LogP contribution in [-0.4, -0.2) is 26.1 Å². The minimum atomic E-state index is 0.818. The number of anilines is 1. The maximum Gasteiger partial charge on any atom is 0.159 e. The van der Waals surface area contributed by atoms with Crippen LogP contribution in [0.1, 0.15) is 32.2 Å². The number of hydrogen-bond acceptors (Lipinski definition) is 4. The Bertz CT molecular complexity index is 559. The van der Waals surface area contributed by atoms with Crippen molar-refractivity contribution >= 4 is 5.82 Å². The van der Waals surface area contributed by atoms with E-state index < -0.39 is 0 Å². The smallest absolute Gasteiger partial charge is 0.159 e. The van der Waals surface area contributed by atoms with E-state index in [2.05, 4.69) is 45.6 Å². The highest BCUT2D eigenvalue weighted by molar-refractivity contribution is 5.63. The van der Waals surface area contributed by atoms with E-state index in [0.29, 0.717) is 0 Å². The highest BCUT2D eigenvalue weighted by Gasteiger charge is 2.15. The van der Waals surface area contributed by atoms with Gasteiger partial charge in [0.2, 0.25) is 0 Å². The fourth-order valence-electron chi connectivity index (χ4n) is 2.06. The quantitative estimate of drug-likeness (QED) is 0.897. The summed E-state index contributed by atoms with van der Waals surface area (Å²) >= 11 is 0. The van der Waals surface area contributed by atoms with Crippen LogP contribution in [0.15, 0.2) is 12.4 Å². The van der Waals surface area contributed by atoms with Crippen LogP contribution in [0.4, 0.5) is 5.82 Å². The van der Waals surface area contributed by atoms with Crippen LogP contribution in [0.3, 0.4) is 0 Å². The number of hydrogen-bond donors (Lipinski definition) is 1. The van der Waals surface area contributed by atoms with Crippen molar-refractivity contribution in [3.8, 4) is 11.5 Å². The van der Waals surface area contributed by atoms with Gasteiger partial charge in [-0.3, -0.25) is 0 Å². The molecule has 0 aliphatic heterocycles. The first-order valence-electron chi connectivity index (χ1n) is 6.84. The lowest BCUT2D eigenvalue weighted by Gasteiger charge is -2.13. The third-order valence-electron chi connectivity index (χ3n) is 3.12. The molecule has 2 aromatic rings. The van der Waals surface area contributed by atoms with E-state index in [4.69, 9.17) is 0 Å². The molecule has 0 aliphatic rings. The van der Waals surface area contributed by atoms with Crippen LogP contribution < -0.4 is 5.32 Å². The summed E-state index contributed by atoms with van der Waals surface area (Å²) < 4.78 is 2.10. The molecular formula is C14H21N5. The SMILES string of the molecule is CCNc1nc(CC)nc(-c2nccn2CC)c1C. The Kier molecular flexibility index (Phi) is 4.14. The number of imidazole rings is 1. The van der Waals surface area contributed by atoms with Gasteiger partial charge in [0.1, 0.15) is 17.3 Å². The van der Waals surface area contributed by atoms with Crippen molar-refractivity contribution in [2.45, 2.75) is 40.7 Å². The first-order chi connectivity index (χ1) is 9.21. The first kappa shape index (κ1) is 13.5. The van der Waals surface area contributed by atoms with E-state index in [1.807, 2.05) is 19.3 Å². The fourth-order valence-corrected chi connectivity index (χ4v) is 2.06. The summed E-state index contributed by atoms with van der Waals surface area (Å²) in [6.45, 7) is 10.0. The normalized spacial score (nSPS) is 10.7. The Morgan fingerprint density at radius 2 is 2.00 bits per heavy atom. The molecule has 0 unspecified atom stereocenters. The van der Waals surface area contributed by atoms with E-state index in [1.54, 1.807) is 0 Å². The molecule has 1 N–H and O–H groups in total. The molecule has 2 heterocycles. The summed E-state index contributed by atoms with van der Waals surface area (Å²) in [5, 5.41) is 3.30. The Morgan fingerprint density at radius 3 is 2.63 bits per heavy atom. The van der Waals surface area contributed by atoms with Crippen LogP contribution >= 0.6 is 0 Å². The molecule has 0 bridgehead atoms. The lowest BCUT2D eigenvalue weighted by Crippen LogP contribution is -2.09. The van der Waals surface area contributed by atoms with Gasteiger partial charge in [0.05, 0.1) is 0 Å². The van der Waals surface area contributed by atoms with Gasteiger partial charge in [-0.15, -0.1) is 0 Å². The number of nitrogens with one attached hydrogen (secondary N) is 1. The van der Waals surface area contributed by atoms with Crippen molar-refractivity contribution in [1.29, 1.82) is 0 Å². The van der Waals surface area contributed by atoms with Gasteiger partial charge in [0, 0.05) is 37.5 Å².